The number of para-hydroxylation sites is 1. The summed E-state index contributed by atoms with van der Waals surface area (Å²) in [7, 11) is 0. The molecule has 0 amide bonds. The van der Waals surface area contributed by atoms with Gasteiger partial charge in [-0.3, -0.25) is 14.7 Å². The number of carbonyl (C=O) groups is 1. The van der Waals surface area contributed by atoms with Gasteiger partial charge in [0.1, 0.15) is 5.82 Å². The van der Waals surface area contributed by atoms with Gasteiger partial charge in [-0.25, -0.2) is 4.68 Å². The number of fused-ring (bicyclic) bond motifs is 1. The highest BCUT2D eigenvalue weighted by molar-refractivity contribution is 6.01. The number of aromatic amines is 1. The van der Waals surface area contributed by atoms with Crippen molar-refractivity contribution in [2.24, 2.45) is 5.41 Å². The largest absolute Gasteiger partial charge is 0.343 e. The lowest BCUT2D eigenvalue weighted by Gasteiger charge is -2.38. The van der Waals surface area contributed by atoms with Gasteiger partial charge in [-0.05, 0) is 53.0 Å². The molecule has 0 radical (unpaired) electrons. The number of ketones is 1. The molecule has 0 fully saturated rings. The number of anilines is 1. The Labute approximate surface area is 200 Å². The van der Waals surface area contributed by atoms with Crippen molar-refractivity contribution in [3.8, 4) is 5.69 Å². The third-order valence-corrected chi connectivity index (χ3v) is 7.16. The number of hydrogen-bond acceptors (Lipinski definition) is 3. The van der Waals surface area contributed by atoms with Crippen molar-refractivity contribution >= 4 is 11.6 Å². The normalized spacial score (nSPS) is 19.5. The van der Waals surface area contributed by atoms with E-state index in [1.54, 1.807) is 4.68 Å². The van der Waals surface area contributed by atoms with Gasteiger partial charge in [-0.1, -0.05) is 71.0 Å². The van der Waals surface area contributed by atoms with Crippen LogP contribution in [0.15, 0.2) is 64.6 Å². The number of aromatic nitrogens is 2. The number of allylic oxidation sites excluding steroid dienone is 2. The molecule has 0 bridgehead atoms. The van der Waals surface area contributed by atoms with Gasteiger partial charge in [0, 0.05) is 23.6 Å². The van der Waals surface area contributed by atoms with Gasteiger partial charge in [0.15, 0.2) is 5.78 Å². The second-order valence-corrected chi connectivity index (χ2v) is 11.6. The van der Waals surface area contributed by atoms with Crippen LogP contribution in [-0.4, -0.2) is 15.6 Å². The van der Waals surface area contributed by atoms with Crippen molar-refractivity contribution in [2.75, 3.05) is 5.32 Å². The number of Topliss-reactive ketones (excluding diaryl/α,β-unsaturated/α-hetero) is 1. The molecule has 0 unspecified atom stereocenters. The van der Waals surface area contributed by atoms with Crippen molar-refractivity contribution < 1.29 is 4.79 Å². The minimum Gasteiger partial charge on any atom is -0.343 e. The number of aryl methyl sites for hydroxylation is 1. The zero-order chi connectivity index (χ0) is 24.4. The molecule has 3 aromatic rings. The summed E-state index contributed by atoms with van der Waals surface area (Å²) < 4.78 is 1.58. The molecule has 0 spiro atoms. The Bertz CT molecular complexity index is 1380. The van der Waals surface area contributed by atoms with Crippen molar-refractivity contribution in [1.29, 1.82) is 0 Å². The first-order valence-electron chi connectivity index (χ1n) is 12.0. The first-order chi connectivity index (χ1) is 16.0. The SMILES string of the molecule is Cc1cc(C(C)(C)C)ccc1[C@H]1C2=C(CC(C)(C)CC2=O)Nc2[nH]n(-c3ccccc3)c(=O)c21. The standard InChI is InChI=1S/C29H33N3O2/c1-17-14-18(28(2,3)4)12-13-20(17)23-24-21(15-29(5,6)16-22(24)33)30-26-25(23)27(34)32(31-26)19-10-8-7-9-11-19/h7-14,23,30-31H,15-16H2,1-6H3/t23-/m0/s1. The van der Waals surface area contributed by atoms with E-state index in [0.29, 0.717) is 17.8 Å². The third kappa shape index (κ3) is 3.64. The zero-order valence-electron chi connectivity index (χ0n) is 20.9. The lowest BCUT2D eigenvalue weighted by Crippen LogP contribution is -2.35. The minimum atomic E-state index is -0.391. The van der Waals surface area contributed by atoms with Crippen molar-refractivity contribution in [3.05, 3.63) is 92.4 Å². The molecule has 5 heteroatoms. The highest BCUT2D eigenvalue weighted by Gasteiger charge is 2.43. The lowest BCUT2D eigenvalue weighted by molar-refractivity contribution is -0.118. The lowest BCUT2D eigenvalue weighted by atomic mass is 9.68. The molecule has 5 nitrogen and oxygen atoms in total. The molecule has 2 heterocycles. The topological polar surface area (TPSA) is 66.9 Å². The van der Waals surface area contributed by atoms with Crippen LogP contribution >= 0.6 is 0 Å². The Hall–Kier alpha value is -3.34. The Morgan fingerprint density at radius 1 is 1.00 bits per heavy atom. The maximum atomic E-state index is 13.8. The van der Waals surface area contributed by atoms with Crippen molar-refractivity contribution in [3.63, 3.8) is 0 Å². The van der Waals surface area contributed by atoms with E-state index >= 15 is 0 Å². The summed E-state index contributed by atoms with van der Waals surface area (Å²) in [6, 6.07) is 16.0. The predicted molar refractivity (Wildman–Crippen MR) is 137 cm³/mol. The molecule has 176 valence electrons. The monoisotopic (exact) mass is 455 g/mol. The second kappa shape index (κ2) is 7.59. The van der Waals surface area contributed by atoms with Gasteiger partial charge in [-0.2, -0.15) is 0 Å². The molecule has 1 aliphatic heterocycles. The summed E-state index contributed by atoms with van der Waals surface area (Å²) in [5, 5.41) is 6.75. The summed E-state index contributed by atoms with van der Waals surface area (Å²) in [5.74, 6) is 0.417. The smallest absolute Gasteiger partial charge is 0.277 e. The summed E-state index contributed by atoms with van der Waals surface area (Å²) in [4.78, 5) is 27.3. The van der Waals surface area contributed by atoms with Gasteiger partial charge >= 0.3 is 0 Å². The summed E-state index contributed by atoms with van der Waals surface area (Å²) in [6.07, 6.45) is 1.25. The maximum absolute atomic E-state index is 13.8. The van der Waals surface area contributed by atoms with Crippen LogP contribution < -0.4 is 10.9 Å². The fourth-order valence-electron chi connectivity index (χ4n) is 5.43. The molecule has 0 saturated heterocycles. The molecule has 0 saturated carbocycles. The summed E-state index contributed by atoms with van der Waals surface area (Å²) in [6.45, 7) is 12.9. The second-order valence-electron chi connectivity index (χ2n) is 11.6. The van der Waals surface area contributed by atoms with Crippen molar-refractivity contribution in [2.45, 2.75) is 65.7 Å². The highest BCUT2D eigenvalue weighted by atomic mass is 16.1. The molecule has 34 heavy (non-hydrogen) atoms. The van der Waals surface area contributed by atoms with Gasteiger partial charge in [0.25, 0.3) is 5.56 Å². The summed E-state index contributed by atoms with van der Waals surface area (Å²) >= 11 is 0. The first kappa shape index (κ1) is 22.5. The minimum absolute atomic E-state index is 0.0196. The molecule has 2 aromatic carbocycles. The van der Waals surface area contributed by atoms with Crippen LogP contribution in [0.2, 0.25) is 0 Å². The molecule has 2 aliphatic rings. The number of H-pyrrole nitrogens is 1. The fourth-order valence-corrected chi connectivity index (χ4v) is 5.43. The quantitative estimate of drug-likeness (QED) is 0.500. The average molecular weight is 456 g/mol. The number of hydrogen-bond donors (Lipinski definition) is 2. The van der Waals surface area contributed by atoms with E-state index in [-0.39, 0.29) is 22.2 Å². The molecule has 1 aliphatic carbocycles. The Morgan fingerprint density at radius 2 is 1.71 bits per heavy atom. The van der Waals surface area contributed by atoms with E-state index in [9.17, 15) is 9.59 Å². The van der Waals surface area contributed by atoms with E-state index < -0.39 is 5.92 Å². The number of carbonyl (C=O) groups excluding carboxylic acids is 1. The van der Waals surface area contributed by atoms with Gasteiger partial charge in [0.2, 0.25) is 0 Å². The number of rotatable bonds is 2. The van der Waals surface area contributed by atoms with Crippen LogP contribution in [0.4, 0.5) is 5.82 Å². The van der Waals surface area contributed by atoms with E-state index in [0.717, 1.165) is 34.5 Å². The van der Waals surface area contributed by atoms with Crippen LogP contribution in [0.1, 0.15) is 75.6 Å². The average Bonchev–Trinajstić information content (AvgIpc) is 3.07. The summed E-state index contributed by atoms with van der Waals surface area (Å²) in [5.41, 5.74) is 6.19. The highest BCUT2D eigenvalue weighted by Crippen LogP contribution is 2.48. The van der Waals surface area contributed by atoms with E-state index in [2.05, 4.69) is 70.2 Å². The van der Waals surface area contributed by atoms with Crippen LogP contribution in [0.25, 0.3) is 5.69 Å². The van der Waals surface area contributed by atoms with E-state index in [4.69, 9.17) is 0 Å². The van der Waals surface area contributed by atoms with Crippen LogP contribution in [-0.2, 0) is 10.2 Å². The Morgan fingerprint density at radius 3 is 2.35 bits per heavy atom. The first-order valence-corrected chi connectivity index (χ1v) is 12.0. The molecular formula is C29H33N3O2. The number of nitrogens with zero attached hydrogens (tertiary/aromatic N) is 1. The fraction of sp³-hybridized carbons (Fsp3) is 0.379. The van der Waals surface area contributed by atoms with E-state index in [1.165, 1.54) is 5.56 Å². The van der Waals surface area contributed by atoms with Gasteiger partial charge in [0.05, 0.1) is 11.3 Å². The van der Waals surface area contributed by atoms with Crippen LogP contribution in [0.5, 0.6) is 0 Å². The molecule has 1 aromatic heterocycles. The van der Waals surface area contributed by atoms with Gasteiger partial charge < -0.3 is 5.32 Å². The van der Waals surface area contributed by atoms with Crippen LogP contribution in [0, 0.1) is 12.3 Å². The maximum Gasteiger partial charge on any atom is 0.277 e. The Balaban J connectivity index is 1.75. The zero-order valence-corrected chi connectivity index (χ0v) is 20.9. The number of benzene rings is 2. The molecule has 5 rings (SSSR count). The molecule has 1 atom stereocenters. The molecule has 2 N–H and O–H groups in total. The van der Waals surface area contributed by atoms with E-state index in [1.807, 2.05) is 30.3 Å². The van der Waals surface area contributed by atoms with Crippen molar-refractivity contribution in [1.82, 2.24) is 9.78 Å². The van der Waals surface area contributed by atoms with Crippen LogP contribution in [0.3, 0.4) is 0 Å². The molecular weight excluding hydrogens is 422 g/mol. The third-order valence-electron chi connectivity index (χ3n) is 7.16. The predicted octanol–water partition coefficient (Wildman–Crippen LogP) is 5.97. The van der Waals surface area contributed by atoms with Gasteiger partial charge in [-0.15, -0.1) is 0 Å². The number of nitrogens with one attached hydrogen (secondary N) is 2. The Kier molecular flexibility index (Phi) is 5.01.